The highest BCUT2D eigenvalue weighted by Crippen LogP contribution is 2.34. The highest BCUT2D eigenvalue weighted by Gasteiger charge is 2.23. The van der Waals surface area contributed by atoms with E-state index < -0.39 is 8.07 Å². The number of fused-ring (bicyclic) bond motifs is 1. The number of hydrogen-bond acceptors (Lipinski definition) is 6. The molecule has 0 spiro atoms. The minimum absolute atomic E-state index is 0.302. The lowest BCUT2D eigenvalue weighted by Gasteiger charge is -2.15. The molecule has 1 saturated carbocycles. The Morgan fingerprint density at radius 2 is 2.03 bits per heavy atom. The first-order valence-electron chi connectivity index (χ1n) is 11.6. The largest absolute Gasteiger partial charge is 0.466 e. The van der Waals surface area contributed by atoms with E-state index in [0.717, 1.165) is 66.3 Å². The standard InChI is InChI=1S/C24H33N5O3Si/c1-31-22(30)13-21(18-7-5-6-8-18)29-15-19(14-27-29)23-20-9-10-28(24(20)26-16-25-23)17-32-11-12-33(2,3)4/h9-10,13-16,18H,5-8,11-12,17H2,1-4H3/b21-13-. The molecule has 4 rings (SSSR count). The lowest BCUT2D eigenvalue weighted by molar-refractivity contribution is -0.134. The summed E-state index contributed by atoms with van der Waals surface area (Å²) in [4.78, 5) is 21.0. The Hall–Kier alpha value is -2.78. The van der Waals surface area contributed by atoms with Gasteiger partial charge in [0.2, 0.25) is 0 Å². The van der Waals surface area contributed by atoms with E-state index in [0.29, 0.717) is 12.6 Å². The van der Waals surface area contributed by atoms with Crippen LogP contribution in [0.1, 0.15) is 25.7 Å². The Labute approximate surface area is 195 Å². The van der Waals surface area contributed by atoms with Crippen LogP contribution in [0.15, 0.2) is 37.1 Å². The monoisotopic (exact) mass is 467 g/mol. The van der Waals surface area contributed by atoms with Gasteiger partial charge >= 0.3 is 5.97 Å². The number of hydrogen-bond donors (Lipinski definition) is 0. The average Bonchev–Trinajstić information content (AvgIpc) is 3.55. The van der Waals surface area contributed by atoms with Crippen molar-refractivity contribution >= 4 is 30.8 Å². The van der Waals surface area contributed by atoms with Crippen LogP contribution in [0.25, 0.3) is 28.0 Å². The predicted octanol–water partition coefficient (Wildman–Crippen LogP) is 4.81. The smallest absolute Gasteiger partial charge is 0.332 e. The van der Waals surface area contributed by atoms with Gasteiger partial charge in [-0.2, -0.15) is 5.10 Å². The van der Waals surface area contributed by atoms with Crippen LogP contribution < -0.4 is 0 Å². The van der Waals surface area contributed by atoms with Gasteiger partial charge in [-0.05, 0) is 25.0 Å². The molecule has 33 heavy (non-hydrogen) atoms. The number of methoxy groups -OCH3 is 1. The fourth-order valence-electron chi connectivity index (χ4n) is 4.24. The van der Waals surface area contributed by atoms with Gasteiger partial charge in [0.15, 0.2) is 0 Å². The number of esters is 1. The number of allylic oxidation sites excluding steroid dienone is 1. The van der Waals surface area contributed by atoms with Crippen molar-refractivity contribution in [2.24, 2.45) is 5.92 Å². The maximum Gasteiger partial charge on any atom is 0.332 e. The molecule has 176 valence electrons. The number of nitrogens with zero attached hydrogens (tertiary/aromatic N) is 5. The summed E-state index contributed by atoms with van der Waals surface area (Å²) in [5.74, 6) is -0.0544. The van der Waals surface area contributed by atoms with Gasteiger partial charge in [-0.3, -0.25) is 0 Å². The summed E-state index contributed by atoms with van der Waals surface area (Å²) in [6, 6.07) is 3.15. The molecule has 1 aliphatic carbocycles. The lowest BCUT2D eigenvalue weighted by atomic mass is 10.0. The highest BCUT2D eigenvalue weighted by molar-refractivity contribution is 6.76. The molecule has 0 aromatic carbocycles. The molecule has 0 N–H and O–H groups in total. The lowest BCUT2D eigenvalue weighted by Crippen LogP contribution is -2.22. The molecule has 0 atom stereocenters. The zero-order valence-corrected chi connectivity index (χ0v) is 21.0. The van der Waals surface area contributed by atoms with Crippen molar-refractivity contribution in [1.82, 2.24) is 24.3 Å². The summed E-state index contributed by atoms with van der Waals surface area (Å²) in [5, 5.41) is 5.52. The van der Waals surface area contributed by atoms with Crippen molar-refractivity contribution in [1.29, 1.82) is 0 Å². The first-order valence-corrected chi connectivity index (χ1v) is 15.3. The molecule has 3 aromatic heterocycles. The van der Waals surface area contributed by atoms with E-state index in [2.05, 4.69) is 34.7 Å². The Kier molecular flexibility index (Phi) is 7.09. The van der Waals surface area contributed by atoms with Gasteiger partial charge in [0.1, 0.15) is 18.7 Å². The summed E-state index contributed by atoms with van der Waals surface area (Å²) in [6.45, 7) is 8.27. The minimum Gasteiger partial charge on any atom is -0.466 e. The summed E-state index contributed by atoms with van der Waals surface area (Å²) < 4.78 is 14.6. The average molecular weight is 468 g/mol. The van der Waals surface area contributed by atoms with Crippen molar-refractivity contribution < 1.29 is 14.3 Å². The van der Waals surface area contributed by atoms with Crippen molar-refractivity contribution in [2.75, 3.05) is 13.7 Å². The second kappa shape index (κ2) is 10.0. The zero-order valence-electron chi connectivity index (χ0n) is 20.0. The molecule has 0 radical (unpaired) electrons. The third kappa shape index (κ3) is 5.59. The summed E-state index contributed by atoms with van der Waals surface area (Å²) >= 11 is 0. The molecular formula is C24H33N5O3Si. The molecule has 1 fully saturated rings. The Morgan fingerprint density at radius 1 is 1.24 bits per heavy atom. The Bertz CT molecular complexity index is 1140. The predicted molar refractivity (Wildman–Crippen MR) is 131 cm³/mol. The molecule has 9 heteroatoms. The molecule has 0 aliphatic heterocycles. The molecule has 0 unspecified atom stereocenters. The van der Waals surface area contributed by atoms with Gasteiger partial charge < -0.3 is 14.0 Å². The van der Waals surface area contributed by atoms with Crippen LogP contribution in [0.2, 0.25) is 25.7 Å². The minimum atomic E-state index is -1.12. The maximum absolute atomic E-state index is 12.0. The third-order valence-corrected chi connectivity index (χ3v) is 7.85. The Balaban J connectivity index is 1.58. The highest BCUT2D eigenvalue weighted by atomic mass is 28.3. The molecule has 3 aromatic rings. The van der Waals surface area contributed by atoms with Gasteiger partial charge in [-0.25, -0.2) is 19.4 Å². The first-order chi connectivity index (χ1) is 15.9. The first kappa shape index (κ1) is 23.4. The molecule has 0 amide bonds. The van der Waals surface area contributed by atoms with Crippen LogP contribution in [0.5, 0.6) is 0 Å². The fraction of sp³-hybridized carbons (Fsp3) is 0.500. The van der Waals surface area contributed by atoms with Gasteiger partial charge in [0, 0.05) is 50.0 Å². The summed E-state index contributed by atoms with van der Waals surface area (Å²) in [5.41, 5.74) is 3.41. The SMILES string of the molecule is COC(=O)/C=C(/C1CCCC1)n1cc(-c2ncnc3c2ccn3COCC[Si](C)(C)C)cn1. The van der Waals surface area contributed by atoms with Crippen LogP contribution in [0.4, 0.5) is 0 Å². The number of ether oxygens (including phenoxy) is 2. The number of rotatable bonds is 9. The van der Waals surface area contributed by atoms with Crippen LogP contribution in [0.3, 0.4) is 0 Å². The molecule has 0 saturated heterocycles. The van der Waals surface area contributed by atoms with Crippen molar-refractivity contribution in [3.8, 4) is 11.3 Å². The van der Waals surface area contributed by atoms with E-state index in [-0.39, 0.29) is 5.97 Å². The van der Waals surface area contributed by atoms with Gasteiger partial charge in [0.05, 0.1) is 24.7 Å². The van der Waals surface area contributed by atoms with Gasteiger partial charge in [0.25, 0.3) is 0 Å². The molecule has 3 heterocycles. The number of carbonyl (C=O) groups excluding carboxylic acids is 1. The molecule has 1 aliphatic rings. The van der Waals surface area contributed by atoms with Crippen LogP contribution in [0, 0.1) is 5.92 Å². The van der Waals surface area contributed by atoms with E-state index >= 15 is 0 Å². The van der Waals surface area contributed by atoms with Gasteiger partial charge in [-0.15, -0.1) is 0 Å². The van der Waals surface area contributed by atoms with Crippen molar-refractivity contribution in [3.05, 3.63) is 37.1 Å². The van der Waals surface area contributed by atoms with Gasteiger partial charge in [-0.1, -0.05) is 32.5 Å². The van der Waals surface area contributed by atoms with Crippen LogP contribution >= 0.6 is 0 Å². The van der Waals surface area contributed by atoms with E-state index in [4.69, 9.17) is 9.47 Å². The van der Waals surface area contributed by atoms with Crippen molar-refractivity contribution in [3.63, 3.8) is 0 Å². The van der Waals surface area contributed by atoms with Crippen molar-refractivity contribution in [2.45, 2.75) is 58.1 Å². The van der Waals surface area contributed by atoms with E-state index in [9.17, 15) is 4.79 Å². The fourth-order valence-corrected chi connectivity index (χ4v) is 4.99. The second-order valence-electron chi connectivity index (χ2n) is 9.84. The van der Waals surface area contributed by atoms with Crippen LogP contribution in [-0.2, 0) is 21.0 Å². The quantitative estimate of drug-likeness (QED) is 0.194. The zero-order chi connectivity index (χ0) is 23.4. The third-order valence-electron chi connectivity index (χ3n) is 6.14. The topological polar surface area (TPSA) is 84.1 Å². The molecule has 8 nitrogen and oxygen atoms in total. The van der Waals surface area contributed by atoms with Crippen LogP contribution in [-0.4, -0.2) is 52.1 Å². The number of carbonyl (C=O) groups is 1. The molecule has 0 bridgehead atoms. The molecular weight excluding hydrogens is 434 g/mol. The maximum atomic E-state index is 12.0. The normalized spacial score (nSPS) is 15.5. The van der Waals surface area contributed by atoms with E-state index in [1.807, 2.05) is 23.0 Å². The number of aromatic nitrogens is 5. The second-order valence-corrected chi connectivity index (χ2v) is 15.5. The Morgan fingerprint density at radius 3 is 2.76 bits per heavy atom. The summed E-state index contributed by atoms with van der Waals surface area (Å²) in [6.07, 6.45) is 13.3. The van der Waals surface area contributed by atoms with E-state index in [1.165, 1.54) is 7.11 Å². The van der Waals surface area contributed by atoms with E-state index in [1.54, 1.807) is 23.3 Å². The summed E-state index contributed by atoms with van der Waals surface area (Å²) in [7, 11) is 0.281.